The van der Waals surface area contributed by atoms with E-state index in [0.29, 0.717) is 31.2 Å². The van der Waals surface area contributed by atoms with Crippen molar-refractivity contribution in [2.75, 3.05) is 44.4 Å². The van der Waals surface area contributed by atoms with E-state index in [2.05, 4.69) is 15.3 Å². The molecular formula is C17H25FN4O4. The molecule has 1 amide bonds. The monoisotopic (exact) mass is 368 g/mol. The van der Waals surface area contributed by atoms with Gasteiger partial charge in [-0.1, -0.05) is 0 Å². The van der Waals surface area contributed by atoms with Crippen molar-refractivity contribution in [3.8, 4) is 5.75 Å². The molecule has 0 radical (unpaired) electrons. The normalized spacial score (nSPS) is 15.5. The molecule has 1 N–H and O–H groups in total. The smallest absolute Gasteiger partial charge is 0.407 e. The van der Waals surface area contributed by atoms with Crippen LogP contribution in [0.3, 0.4) is 0 Å². The van der Waals surface area contributed by atoms with Crippen LogP contribution in [0.25, 0.3) is 0 Å². The average molecular weight is 368 g/mol. The second-order valence-corrected chi connectivity index (χ2v) is 6.73. The predicted molar refractivity (Wildman–Crippen MR) is 94.0 cm³/mol. The van der Waals surface area contributed by atoms with Gasteiger partial charge in [0.05, 0.1) is 31.9 Å². The maximum atomic E-state index is 13.0. The molecule has 8 nitrogen and oxygen atoms in total. The lowest BCUT2D eigenvalue weighted by molar-refractivity contribution is 0.0531. The van der Waals surface area contributed by atoms with Gasteiger partial charge in [-0.25, -0.2) is 19.2 Å². The molecule has 0 bridgehead atoms. The van der Waals surface area contributed by atoms with Crippen LogP contribution in [0.15, 0.2) is 24.3 Å². The number of alkyl carbamates (subject to hydrolysis) is 1. The highest BCUT2D eigenvalue weighted by molar-refractivity contribution is 5.68. The second-order valence-electron chi connectivity index (χ2n) is 6.73. The van der Waals surface area contributed by atoms with E-state index in [1.54, 1.807) is 20.8 Å². The molecule has 2 heterocycles. The van der Waals surface area contributed by atoms with Gasteiger partial charge < -0.3 is 24.4 Å². The average Bonchev–Trinajstić information content (AvgIpc) is 2.61. The van der Waals surface area contributed by atoms with E-state index in [-0.39, 0.29) is 18.7 Å². The molecular weight excluding hydrogens is 343 g/mol. The Kier molecular flexibility index (Phi) is 7.14. The third-order valence-corrected chi connectivity index (χ3v) is 3.35. The highest BCUT2D eigenvalue weighted by Crippen LogP contribution is 2.14. The molecule has 1 aromatic heterocycles. The van der Waals surface area contributed by atoms with E-state index in [1.807, 2.05) is 4.90 Å². The number of anilines is 1. The van der Waals surface area contributed by atoms with Crippen molar-refractivity contribution < 1.29 is 23.4 Å². The number of amides is 1. The first-order valence-electron chi connectivity index (χ1n) is 8.40. The Morgan fingerprint density at radius 2 is 2.00 bits per heavy atom. The number of nitrogens with zero attached hydrogens (tertiary/aromatic N) is 3. The van der Waals surface area contributed by atoms with Crippen molar-refractivity contribution in [2.45, 2.75) is 26.4 Å². The second kappa shape index (κ2) is 9.33. The zero-order valence-electron chi connectivity index (χ0n) is 15.3. The molecule has 0 aliphatic carbocycles. The van der Waals surface area contributed by atoms with E-state index < -0.39 is 11.7 Å². The summed E-state index contributed by atoms with van der Waals surface area (Å²) in [4.78, 5) is 22.1. The van der Waals surface area contributed by atoms with Gasteiger partial charge in [-0.2, -0.15) is 0 Å². The molecule has 1 fully saturated rings. The molecule has 0 atom stereocenters. The van der Waals surface area contributed by atoms with Crippen molar-refractivity contribution in [1.82, 2.24) is 15.3 Å². The maximum Gasteiger partial charge on any atom is 0.407 e. The molecule has 144 valence electrons. The number of nitrogens with one attached hydrogen (secondary N) is 1. The summed E-state index contributed by atoms with van der Waals surface area (Å²) >= 11 is 0. The maximum absolute atomic E-state index is 13.0. The predicted octanol–water partition coefficient (Wildman–Crippen LogP) is 2.07. The first kappa shape index (κ1) is 19.9. The molecule has 26 heavy (non-hydrogen) atoms. The summed E-state index contributed by atoms with van der Waals surface area (Å²) in [5, 5.41) is 2.48. The first-order valence-corrected chi connectivity index (χ1v) is 8.40. The van der Waals surface area contributed by atoms with Gasteiger partial charge in [0, 0.05) is 25.2 Å². The Morgan fingerprint density at radius 1 is 1.35 bits per heavy atom. The van der Waals surface area contributed by atoms with Gasteiger partial charge in [-0.05, 0) is 20.8 Å². The van der Waals surface area contributed by atoms with E-state index in [9.17, 15) is 9.18 Å². The van der Waals surface area contributed by atoms with E-state index in [1.165, 1.54) is 12.4 Å². The molecule has 1 aromatic rings. The highest BCUT2D eigenvalue weighted by atomic mass is 19.1. The van der Waals surface area contributed by atoms with Gasteiger partial charge in [0.2, 0.25) is 5.95 Å². The number of morpholine rings is 1. The number of aromatic nitrogens is 2. The summed E-state index contributed by atoms with van der Waals surface area (Å²) in [5.41, 5.74) is -0.354. The summed E-state index contributed by atoms with van der Waals surface area (Å²) in [7, 11) is 0. The van der Waals surface area contributed by atoms with Crippen LogP contribution in [0.2, 0.25) is 0 Å². The van der Waals surface area contributed by atoms with Gasteiger partial charge in [-0.3, -0.25) is 0 Å². The molecule has 0 aromatic carbocycles. The molecule has 1 saturated heterocycles. The first-order chi connectivity index (χ1) is 12.4. The quantitative estimate of drug-likeness (QED) is 0.823. The standard InChI is InChI=1S/C17H25FN4O4/c1-17(2,3)26-16(23)21-9-13(8-18)12-25-14-10-19-15(20-11-14)22-4-6-24-7-5-22/h8,10-11H,4-7,9,12H2,1-3H3,(H,21,23)/b13-8-. The van der Waals surface area contributed by atoms with Crippen LogP contribution in [0.4, 0.5) is 15.1 Å². The van der Waals surface area contributed by atoms with Crippen LogP contribution in [0.1, 0.15) is 20.8 Å². The third kappa shape index (κ3) is 6.83. The van der Waals surface area contributed by atoms with Crippen LogP contribution < -0.4 is 15.0 Å². The minimum atomic E-state index is -0.616. The fraction of sp³-hybridized carbons (Fsp3) is 0.588. The van der Waals surface area contributed by atoms with Crippen LogP contribution >= 0.6 is 0 Å². The third-order valence-electron chi connectivity index (χ3n) is 3.35. The largest absolute Gasteiger partial charge is 0.486 e. The summed E-state index contributed by atoms with van der Waals surface area (Å²) in [6.45, 7) is 7.99. The summed E-state index contributed by atoms with van der Waals surface area (Å²) in [5.74, 6) is 1.02. The number of hydrogen-bond acceptors (Lipinski definition) is 7. The lowest BCUT2D eigenvalue weighted by Crippen LogP contribution is -2.37. The fourth-order valence-electron chi connectivity index (χ4n) is 2.11. The minimum Gasteiger partial charge on any atom is -0.486 e. The Labute approximate surface area is 152 Å². The van der Waals surface area contributed by atoms with E-state index in [0.717, 1.165) is 13.1 Å². The summed E-state index contributed by atoms with van der Waals surface area (Å²) in [6.07, 6.45) is 2.86. The van der Waals surface area contributed by atoms with Gasteiger partial charge in [-0.15, -0.1) is 0 Å². The molecule has 1 aliphatic heterocycles. The molecule has 1 aliphatic rings. The number of hydrogen-bond donors (Lipinski definition) is 1. The Morgan fingerprint density at radius 3 is 2.58 bits per heavy atom. The lowest BCUT2D eigenvalue weighted by Gasteiger charge is -2.26. The number of halogens is 1. The number of carbonyl (C=O) groups is 1. The number of carbonyl (C=O) groups excluding carboxylic acids is 1. The lowest BCUT2D eigenvalue weighted by atomic mass is 10.2. The molecule has 0 saturated carbocycles. The Hall–Kier alpha value is -2.42. The van der Waals surface area contributed by atoms with Crippen LogP contribution in [-0.2, 0) is 9.47 Å². The zero-order chi connectivity index (χ0) is 19.0. The SMILES string of the molecule is CC(C)(C)OC(=O)NC/C(=C/F)COc1cnc(N2CCOCC2)nc1. The van der Waals surface area contributed by atoms with Crippen molar-refractivity contribution >= 4 is 12.0 Å². The van der Waals surface area contributed by atoms with Crippen LogP contribution in [-0.4, -0.2) is 61.1 Å². The number of ether oxygens (including phenoxy) is 3. The summed E-state index contributed by atoms with van der Waals surface area (Å²) in [6, 6.07) is 0. The zero-order valence-corrected chi connectivity index (χ0v) is 15.3. The molecule has 0 spiro atoms. The van der Waals surface area contributed by atoms with Gasteiger partial charge in [0.25, 0.3) is 0 Å². The molecule has 9 heteroatoms. The van der Waals surface area contributed by atoms with Gasteiger partial charge >= 0.3 is 6.09 Å². The topological polar surface area (TPSA) is 85.8 Å². The van der Waals surface area contributed by atoms with Gasteiger partial charge in [0.1, 0.15) is 12.2 Å². The molecule has 0 unspecified atom stereocenters. The van der Waals surface area contributed by atoms with Crippen molar-refractivity contribution in [3.05, 3.63) is 24.3 Å². The molecule has 2 rings (SSSR count). The van der Waals surface area contributed by atoms with E-state index in [4.69, 9.17) is 14.2 Å². The van der Waals surface area contributed by atoms with Crippen LogP contribution in [0, 0.1) is 0 Å². The Balaban J connectivity index is 1.78. The fourth-order valence-corrected chi connectivity index (χ4v) is 2.11. The van der Waals surface area contributed by atoms with Crippen molar-refractivity contribution in [1.29, 1.82) is 0 Å². The van der Waals surface area contributed by atoms with E-state index >= 15 is 0 Å². The number of rotatable bonds is 6. The van der Waals surface area contributed by atoms with Crippen molar-refractivity contribution in [2.24, 2.45) is 0 Å². The van der Waals surface area contributed by atoms with Crippen molar-refractivity contribution in [3.63, 3.8) is 0 Å². The highest BCUT2D eigenvalue weighted by Gasteiger charge is 2.16. The van der Waals surface area contributed by atoms with Crippen LogP contribution in [0.5, 0.6) is 5.75 Å². The van der Waals surface area contributed by atoms with Gasteiger partial charge in [0.15, 0.2) is 5.75 Å². The Bertz CT molecular complexity index is 610. The summed E-state index contributed by atoms with van der Waals surface area (Å²) < 4.78 is 28.8. The minimum absolute atomic E-state index is 0.0157.